The van der Waals surface area contributed by atoms with Crippen LogP contribution in [0.1, 0.15) is 27.2 Å². The van der Waals surface area contributed by atoms with Gasteiger partial charge in [-0.05, 0) is 62.2 Å². The van der Waals surface area contributed by atoms with E-state index in [1.807, 2.05) is 13.0 Å². The van der Waals surface area contributed by atoms with Crippen LogP contribution in [0.4, 0.5) is 11.4 Å². The summed E-state index contributed by atoms with van der Waals surface area (Å²) in [5.41, 5.74) is 3.62. The Hall–Kier alpha value is -3.72. The number of sulfonamides is 1. The minimum Gasteiger partial charge on any atom is -0.322 e. The molecule has 0 saturated carbocycles. The van der Waals surface area contributed by atoms with Gasteiger partial charge in [-0.1, -0.05) is 18.2 Å². The predicted octanol–water partition coefficient (Wildman–Crippen LogP) is 3.71. The van der Waals surface area contributed by atoms with Crippen molar-refractivity contribution in [2.75, 3.05) is 10.0 Å². The lowest BCUT2D eigenvalue weighted by Gasteiger charge is -2.13. The molecule has 8 nitrogen and oxygen atoms in total. The first-order valence-corrected chi connectivity index (χ1v) is 11.0. The number of carbonyl (C=O) groups excluding carboxylic acids is 1. The number of nitrogens with one attached hydrogen (secondary N) is 2. The molecule has 9 heteroatoms. The number of anilines is 2. The average Bonchev–Trinajstić information content (AvgIpc) is 3.04. The highest BCUT2D eigenvalue weighted by Crippen LogP contribution is 2.24. The monoisotopic (exact) mass is 435 g/mol. The van der Waals surface area contributed by atoms with Gasteiger partial charge in [0.15, 0.2) is 5.65 Å². The summed E-state index contributed by atoms with van der Waals surface area (Å²) in [6, 6.07) is 13.6. The van der Waals surface area contributed by atoms with Crippen molar-refractivity contribution in [3.05, 3.63) is 83.3 Å². The van der Waals surface area contributed by atoms with E-state index < -0.39 is 15.9 Å². The molecule has 0 radical (unpaired) electrons. The standard InChI is InChI=1S/C22H21N5O3S/c1-14-6-4-7-18(12-14)26-31(29,30)19-13-17(9-8-15(19)2)24-22(28)20-16(3)25-27-11-5-10-23-21(20)27/h4-13,26H,1-3H3,(H,24,28). The summed E-state index contributed by atoms with van der Waals surface area (Å²) in [6.07, 6.45) is 3.29. The zero-order valence-electron chi connectivity index (χ0n) is 17.2. The van der Waals surface area contributed by atoms with Crippen molar-refractivity contribution in [2.24, 2.45) is 0 Å². The van der Waals surface area contributed by atoms with Crippen molar-refractivity contribution < 1.29 is 13.2 Å². The first kappa shape index (κ1) is 20.5. The Labute approximate surface area is 180 Å². The fourth-order valence-corrected chi connectivity index (χ4v) is 4.66. The molecular weight excluding hydrogens is 414 g/mol. The van der Waals surface area contributed by atoms with Crippen molar-refractivity contribution in [2.45, 2.75) is 25.7 Å². The maximum Gasteiger partial charge on any atom is 0.262 e. The molecule has 0 atom stereocenters. The van der Waals surface area contributed by atoms with Gasteiger partial charge in [0.2, 0.25) is 0 Å². The second kappa shape index (κ2) is 7.84. The van der Waals surface area contributed by atoms with Gasteiger partial charge in [-0.3, -0.25) is 9.52 Å². The molecule has 2 N–H and O–H groups in total. The van der Waals surface area contributed by atoms with Crippen molar-refractivity contribution in [3.63, 3.8) is 0 Å². The number of nitrogens with zero attached hydrogens (tertiary/aromatic N) is 3. The molecule has 1 amide bonds. The normalized spacial score (nSPS) is 11.5. The first-order chi connectivity index (χ1) is 14.7. The van der Waals surface area contributed by atoms with Gasteiger partial charge >= 0.3 is 0 Å². The SMILES string of the molecule is Cc1cccc(NS(=O)(=O)c2cc(NC(=O)c3c(C)nn4cccnc34)ccc2C)c1. The van der Waals surface area contributed by atoms with Crippen LogP contribution < -0.4 is 10.0 Å². The van der Waals surface area contributed by atoms with Gasteiger partial charge in [-0.2, -0.15) is 5.10 Å². The summed E-state index contributed by atoms with van der Waals surface area (Å²) in [7, 11) is -3.85. The molecule has 0 fully saturated rings. The Morgan fingerprint density at radius 2 is 1.81 bits per heavy atom. The molecule has 0 unspecified atom stereocenters. The lowest BCUT2D eigenvalue weighted by Crippen LogP contribution is -2.16. The minimum absolute atomic E-state index is 0.0847. The number of aromatic nitrogens is 3. The Morgan fingerprint density at radius 3 is 2.58 bits per heavy atom. The van der Waals surface area contributed by atoms with Crippen LogP contribution in [-0.2, 0) is 10.0 Å². The van der Waals surface area contributed by atoms with Crippen molar-refractivity contribution in [1.29, 1.82) is 0 Å². The largest absolute Gasteiger partial charge is 0.322 e. The summed E-state index contributed by atoms with van der Waals surface area (Å²) >= 11 is 0. The summed E-state index contributed by atoms with van der Waals surface area (Å²) < 4.78 is 30.1. The van der Waals surface area contributed by atoms with Crippen LogP contribution in [0, 0.1) is 20.8 Å². The summed E-state index contributed by atoms with van der Waals surface area (Å²) in [5.74, 6) is -0.412. The number of carbonyl (C=O) groups is 1. The summed E-state index contributed by atoms with van der Waals surface area (Å²) in [6.45, 7) is 5.31. The number of benzene rings is 2. The third-order valence-corrected chi connectivity index (χ3v) is 6.33. The van der Waals surface area contributed by atoms with Gasteiger partial charge in [0.05, 0.1) is 10.6 Å². The summed E-state index contributed by atoms with van der Waals surface area (Å²) in [4.78, 5) is 17.2. The van der Waals surface area contributed by atoms with Gasteiger partial charge in [0.1, 0.15) is 5.56 Å². The molecule has 2 aromatic carbocycles. The molecule has 0 aliphatic heterocycles. The molecule has 0 saturated heterocycles. The molecule has 0 aliphatic carbocycles. The maximum absolute atomic E-state index is 13.0. The lowest BCUT2D eigenvalue weighted by atomic mass is 10.2. The van der Waals surface area contributed by atoms with E-state index >= 15 is 0 Å². The molecule has 0 aliphatic rings. The third kappa shape index (κ3) is 4.13. The average molecular weight is 436 g/mol. The molecular formula is C22H21N5O3S. The van der Waals surface area contributed by atoms with E-state index in [9.17, 15) is 13.2 Å². The molecule has 31 heavy (non-hydrogen) atoms. The Bertz CT molecular complexity index is 1410. The molecule has 4 rings (SSSR count). The van der Waals surface area contributed by atoms with Crippen LogP contribution in [0.25, 0.3) is 5.65 Å². The number of fused-ring (bicyclic) bond motifs is 1. The third-order valence-electron chi connectivity index (χ3n) is 4.80. The van der Waals surface area contributed by atoms with Crippen molar-refractivity contribution >= 4 is 33.0 Å². The zero-order valence-corrected chi connectivity index (χ0v) is 18.1. The molecule has 2 aromatic heterocycles. The van der Waals surface area contributed by atoms with E-state index in [-0.39, 0.29) is 4.90 Å². The van der Waals surface area contributed by atoms with Crippen LogP contribution in [0.2, 0.25) is 0 Å². The van der Waals surface area contributed by atoms with Crippen molar-refractivity contribution in [1.82, 2.24) is 14.6 Å². The van der Waals surface area contributed by atoms with E-state index in [1.54, 1.807) is 62.6 Å². The minimum atomic E-state index is -3.85. The predicted molar refractivity (Wildman–Crippen MR) is 119 cm³/mol. The van der Waals surface area contributed by atoms with Crippen LogP contribution >= 0.6 is 0 Å². The van der Waals surface area contributed by atoms with E-state index in [2.05, 4.69) is 20.1 Å². The quantitative estimate of drug-likeness (QED) is 0.497. The number of hydrogen-bond acceptors (Lipinski definition) is 5. The van der Waals surface area contributed by atoms with E-state index in [0.717, 1.165) is 5.56 Å². The number of rotatable bonds is 5. The maximum atomic E-state index is 13.0. The Kier molecular flexibility index (Phi) is 5.20. The zero-order chi connectivity index (χ0) is 22.2. The number of amides is 1. The number of hydrogen-bond donors (Lipinski definition) is 2. The Balaban J connectivity index is 1.64. The first-order valence-electron chi connectivity index (χ1n) is 9.56. The molecule has 4 aromatic rings. The van der Waals surface area contributed by atoms with Crippen LogP contribution in [-0.4, -0.2) is 28.9 Å². The Morgan fingerprint density at radius 1 is 1.00 bits per heavy atom. The topological polar surface area (TPSA) is 105 Å². The van der Waals surface area contributed by atoms with E-state index in [1.165, 1.54) is 10.6 Å². The van der Waals surface area contributed by atoms with Gasteiger partial charge in [0, 0.05) is 23.8 Å². The van der Waals surface area contributed by atoms with Crippen LogP contribution in [0.5, 0.6) is 0 Å². The van der Waals surface area contributed by atoms with Crippen molar-refractivity contribution in [3.8, 4) is 0 Å². The highest BCUT2D eigenvalue weighted by atomic mass is 32.2. The fraction of sp³-hybridized carbons (Fsp3) is 0.136. The highest BCUT2D eigenvalue weighted by Gasteiger charge is 2.21. The van der Waals surface area contributed by atoms with Gasteiger partial charge in [-0.25, -0.2) is 17.9 Å². The van der Waals surface area contributed by atoms with Crippen LogP contribution in [0.15, 0.2) is 65.8 Å². The summed E-state index contributed by atoms with van der Waals surface area (Å²) in [5, 5.41) is 7.05. The lowest BCUT2D eigenvalue weighted by molar-refractivity contribution is 0.102. The van der Waals surface area contributed by atoms with Gasteiger partial charge < -0.3 is 5.32 Å². The molecule has 0 spiro atoms. The van der Waals surface area contributed by atoms with Gasteiger partial charge in [0.25, 0.3) is 15.9 Å². The van der Waals surface area contributed by atoms with Gasteiger partial charge in [-0.15, -0.1) is 0 Å². The van der Waals surface area contributed by atoms with E-state index in [0.29, 0.717) is 33.8 Å². The molecule has 158 valence electrons. The smallest absolute Gasteiger partial charge is 0.262 e. The second-order valence-corrected chi connectivity index (χ2v) is 8.91. The number of aryl methyl sites for hydroxylation is 3. The second-order valence-electron chi connectivity index (χ2n) is 7.26. The van der Waals surface area contributed by atoms with E-state index in [4.69, 9.17) is 0 Å². The fourth-order valence-electron chi connectivity index (χ4n) is 3.34. The molecule has 2 heterocycles. The van der Waals surface area contributed by atoms with Crippen LogP contribution in [0.3, 0.4) is 0 Å². The highest BCUT2D eigenvalue weighted by molar-refractivity contribution is 7.92. The molecule has 0 bridgehead atoms.